The van der Waals surface area contributed by atoms with Crippen LogP contribution in [0.2, 0.25) is 10.0 Å². The van der Waals surface area contributed by atoms with E-state index in [1.807, 2.05) is 26.0 Å². The van der Waals surface area contributed by atoms with Crippen LogP contribution >= 0.6 is 23.2 Å². The van der Waals surface area contributed by atoms with Crippen molar-refractivity contribution in [3.8, 4) is 0 Å². The zero-order chi connectivity index (χ0) is 19.3. The lowest BCUT2D eigenvalue weighted by Gasteiger charge is -2.11. The Morgan fingerprint density at radius 3 is 2.63 bits per heavy atom. The number of aromatic nitrogens is 2. The zero-order valence-electron chi connectivity index (χ0n) is 14.5. The Hall–Kier alpha value is -2.63. The van der Waals surface area contributed by atoms with E-state index in [2.05, 4.69) is 4.98 Å². The molecule has 0 saturated carbocycles. The van der Waals surface area contributed by atoms with Gasteiger partial charge >= 0.3 is 5.63 Å². The maximum Gasteiger partial charge on any atom is 0.336 e. The summed E-state index contributed by atoms with van der Waals surface area (Å²) in [5.41, 5.74) is 2.79. The Balaban J connectivity index is 1.93. The smallest absolute Gasteiger partial charge is 0.336 e. The van der Waals surface area contributed by atoms with Gasteiger partial charge in [-0.15, -0.1) is 0 Å². The van der Waals surface area contributed by atoms with Crippen LogP contribution < -0.4 is 11.2 Å². The van der Waals surface area contributed by atoms with Crippen LogP contribution in [0.25, 0.3) is 21.9 Å². The Kier molecular flexibility index (Phi) is 4.29. The summed E-state index contributed by atoms with van der Waals surface area (Å²) in [7, 11) is 0. The molecule has 0 N–H and O–H groups in total. The van der Waals surface area contributed by atoms with Crippen molar-refractivity contribution in [3.63, 3.8) is 0 Å². The molecule has 0 bridgehead atoms. The summed E-state index contributed by atoms with van der Waals surface area (Å²) in [5, 5.41) is 1.79. The summed E-state index contributed by atoms with van der Waals surface area (Å²) >= 11 is 12.2. The predicted octanol–water partition coefficient (Wildman–Crippen LogP) is 4.47. The number of benzene rings is 2. The van der Waals surface area contributed by atoms with E-state index in [-0.39, 0.29) is 12.1 Å². The maximum atomic E-state index is 12.9. The van der Waals surface area contributed by atoms with E-state index in [4.69, 9.17) is 27.6 Å². The van der Waals surface area contributed by atoms with E-state index in [1.165, 1.54) is 17.0 Å². The molecule has 0 fully saturated rings. The third-order valence-electron chi connectivity index (χ3n) is 4.70. The van der Waals surface area contributed by atoms with E-state index in [1.54, 1.807) is 12.1 Å². The van der Waals surface area contributed by atoms with Gasteiger partial charge in [0.1, 0.15) is 5.58 Å². The molecule has 7 heteroatoms. The quantitative estimate of drug-likeness (QED) is 0.465. The molecule has 136 valence electrons. The van der Waals surface area contributed by atoms with Gasteiger partial charge in [0.2, 0.25) is 0 Å². The lowest BCUT2D eigenvalue weighted by atomic mass is 10.0. The van der Waals surface area contributed by atoms with E-state index >= 15 is 0 Å². The van der Waals surface area contributed by atoms with Gasteiger partial charge in [0.25, 0.3) is 5.56 Å². The molecule has 0 aliphatic heterocycles. The van der Waals surface area contributed by atoms with Gasteiger partial charge in [-0.1, -0.05) is 35.3 Å². The minimum Gasteiger partial charge on any atom is -0.422 e. The number of hydrogen-bond donors (Lipinski definition) is 0. The second-order valence-electron chi connectivity index (χ2n) is 6.44. The highest BCUT2D eigenvalue weighted by molar-refractivity contribution is 6.38. The summed E-state index contributed by atoms with van der Waals surface area (Å²) in [6, 6.07) is 8.34. The molecule has 0 atom stereocenters. The monoisotopic (exact) mass is 400 g/mol. The van der Waals surface area contributed by atoms with Crippen LogP contribution in [0.3, 0.4) is 0 Å². The summed E-state index contributed by atoms with van der Waals surface area (Å²) in [6.45, 7) is 4.03. The van der Waals surface area contributed by atoms with Gasteiger partial charge in [0.05, 0.1) is 28.8 Å². The second kappa shape index (κ2) is 6.51. The number of hydrogen-bond acceptors (Lipinski definition) is 4. The number of aryl methyl sites for hydroxylation is 2. The average molecular weight is 401 g/mol. The van der Waals surface area contributed by atoms with Crippen LogP contribution in [-0.2, 0) is 6.54 Å². The van der Waals surface area contributed by atoms with Crippen molar-refractivity contribution in [3.05, 3.63) is 84.2 Å². The highest BCUT2D eigenvalue weighted by Crippen LogP contribution is 2.25. The molecule has 5 nitrogen and oxygen atoms in total. The lowest BCUT2D eigenvalue weighted by Crippen LogP contribution is -2.22. The molecule has 0 aliphatic carbocycles. The molecule has 0 aliphatic rings. The highest BCUT2D eigenvalue weighted by atomic mass is 35.5. The third-order valence-corrected chi connectivity index (χ3v) is 5.21. The molecule has 0 spiro atoms. The number of rotatable bonds is 2. The van der Waals surface area contributed by atoms with Gasteiger partial charge in [0, 0.05) is 16.5 Å². The first-order chi connectivity index (χ1) is 12.8. The Morgan fingerprint density at radius 1 is 1.07 bits per heavy atom. The van der Waals surface area contributed by atoms with Gasteiger partial charge in [0.15, 0.2) is 0 Å². The molecule has 2 aromatic heterocycles. The van der Waals surface area contributed by atoms with E-state index in [0.717, 1.165) is 16.5 Å². The minimum absolute atomic E-state index is 0.177. The van der Waals surface area contributed by atoms with Crippen LogP contribution in [0.15, 0.2) is 50.7 Å². The molecule has 0 saturated heterocycles. The molecule has 0 radical (unpaired) electrons. The molecule has 4 rings (SSSR count). The van der Waals surface area contributed by atoms with Gasteiger partial charge in [-0.3, -0.25) is 9.36 Å². The maximum absolute atomic E-state index is 12.9. The molecular formula is C20H14Cl2N2O3. The lowest BCUT2D eigenvalue weighted by molar-refractivity contribution is 0.554. The van der Waals surface area contributed by atoms with Crippen molar-refractivity contribution in [2.45, 2.75) is 20.4 Å². The van der Waals surface area contributed by atoms with Crippen molar-refractivity contribution in [2.24, 2.45) is 0 Å². The van der Waals surface area contributed by atoms with Crippen LogP contribution in [0, 0.1) is 13.8 Å². The van der Waals surface area contributed by atoms with Crippen molar-refractivity contribution >= 4 is 45.1 Å². The van der Waals surface area contributed by atoms with Crippen molar-refractivity contribution < 1.29 is 4.42 Å². The SMILES string of the molecule is Cc1ccc2c(Cn3cnc4c(Cl)cc(Cl)cc4c3=O)cc(=O)oc2c1C. The van der Waals surface area contributed by atoms with Crippen LogP contribution in [0.1, 0.15) is 16.7 Å². The topological polar surface area (TPSA) is 65.1 Å². The second-order valence-corrected chi connectivity index (χ2v) is 7.28. The highest BCUT2D eigenvalue weighted by Gasteiger charge is 2.13. The number of halogens is 2. The molecule has 2 aromatic carbocycles. The fourth-order valence-electron chi connectivity index (χ4n) is 3.15. The minimum atomic E-state index is -0.459. The summed E-state index contributed by atoms with van der Waals surface area (Å²) in [6.07, 6.45) is 1.42. The zero-order valence-corrected chi connectivity index (χ0v) is 16.1. The van der Waals surface area contributed by atoms with Gasteiger partial charge < -0.3 is 4.42 Å². The average Bonchev–Trinajstić information content (AvgIpc) is 2.61. The Bertz CT molecular complexity index is 1340. The molecular weight excluding hydrogens is 387 g/mol. The van der Waals surface area contributed by atoms with Crippen LogP contribution in [-0.4, -0.2) is 9.55 Å². The fraction of sp³-hybridized carbons (Fsp3) is 0.150. The first-order valence-corrected chi connectivity index (χ1v) is 8.98. The van der Waals surface area contributed by atoms with E-state index in [9.17, 15) is 9.59 Å². The molecule has 2 heterocycles. The van der Waals surface area contributed by atoms with Crippen molar-refractivity contribution in [1.29, 1.82) is 0 Å². The Labute approximate surface area is 163 Å². The first-order valence-electron chi connectivity index (χ1n) is 8.22. The predicted molar refractivity (Wildman–Crippen MR) is 107 cm³/mol. The van der Waals surface area contributed by atoms with Gasteiger partial charge in [-0.05, 0) is 42.7 Å². The summed E-state index contributed by atoms with van der Waals surface area (Å²) in [5.74, 6) is 0. The first kappa shape index (κ1) is 17.8. The fourth-order valence-corrected chi connectivity index (χ4v) is 3.69. The summed E-state index contributed by atoms with van der Waals surface area (Å²) in [4.78, 5) is 29.2. The standard InChI is InChI=1S/C20H14Cl2N2O3/c1-10-3-4-14-12(5-17(25)27-19(14)11(10)2)8-24-9-23-18-15(20(24)26)6-13(21)7-16(18)22/h3-7,9H,8H2,1-2H3. The number of nitrogens with zero attached hydrogens (tertiary/aromatic N) is 2. The normalized spacial score (nSPS) is 11.4. The Morgan fingerprint density at radius 2 is 1.85 bits per heavy atom. The molecule has 27 heavy (non-hydrogen) atoms. The molecule has 4 aromatic rings. The molecule has 0 unspecified atom stereocenters. The molecule has 0 amide bonds. The van der Waals surface area contributed by atoms with Gasteiger partial charge in [-0.25, -0.2) is 9.78 Å². The summed E-state index contributed by atoms with van der Waals surface area (Å²) < 4.78 is 6.82. The van der Waals surface area contributed by atoms with E-state index in [0.29, 0.717) is 32.1 Å². The third kappa shape index (κ3) is 3.03. The van der Waals surface area contributed by atoms with Gasteiger partial charge in [-0.2, -0.15) is 0 Å². The van der Waals surface area contributed by atoms with Crippen LogP contribution in [0.4, 0.5) is 0 Å². The van der Waals surface area contributed by atoms with Crippen molar-refractivity contribution in [2.75, 3.05) is 0 Å². The largest absolute Gasteiger partial charge is 0.422 e. The number of fused-ring (bicyclic) bond motifs is 2. The van der Waals surface area contributed by atoms with Crippen molar-refractivity contribution in [1.82, 2.24) is 9.55 Å². The van der Waals surface area contributed by atoms with E-state index < -0.39 is 5.63 Å². The van der Waals surface area contributed by atoms with Crippen LogP contribution in [0.5, 0.6) is 0 Å².